The summed E-state index contributed by atoms with van der Waals surface area (Å²) in [7, 11) is 0. The molecular weight excluding hydrogens is 244 g/mol. The summed E-state index contributed by atoms with van der Waals surface area (Å²) < 4.78 is 0. The van der Waals surface area contributed by atoms with E-state index in [0.29, 0.717) is 0 Å². The maximum Gasteiger partial charge on any atom is 0.234 e. The van der Waals surface area contributed by atoms with E-state index >= 15 is 0 Å². The summed E-state index contributed by atoms with van der Waals surface area (Å²) in [5.41, 5.74) is 6.51. The largest absolute Gasteiger partial charge is 0.348 e. The van der Waals surface area contributed by atoms with Crippen LogP contribution in [0.3, 0.4) is 0 Å². The van der Waals surface area contributed by atoms with Crippen LogP contribution in [-0.4, -0.2) is 18.2 Å². The lowest BCUT2D eigenvalue weighted by molar-refractivity contribution is -0.120. The number of nitrogens with one attached hydrogen (secondary N) is 1. The van der Waals surface area contributed by atoms with E-state index in [9.17, 15) is 4.79 Å². The monoisotopic (exact) mass is 258 g/mol. The molecule has 0 fully saturated rings. The van der Waals surface area contributed by atoms with Crippen LogP contribution in [0.4, 0.5) is 0 Å². The third-order valence-electron chi connectivity index (χ3n) is 2.48. The van der Waals surface area contributed by atoms with E-state index in [1.165, 1.54) is 10.5 Å². The summed E-state index contributed by atoms with van der Waals surface area (Å²) in [6.07, 6.45) is 0.980. The quantitative estimate of drug-likeness (QED) is 0.849. The van der Waals surface area contributed by atoms with Gasteiger partial charge in [-0.15, -0.1) is 24.2 Å². The lowest BCUT2D eigenvalue weighted by atomic mass is 10.0. The molecule has 1 aliphatic rings. The molecule has 0 saturated carbocycles. The molecule has 0 saturated heterocycles. The molecule has 0 aromatic heterocycles. The zero-order valence-electron chi connectivity index (χ0n) is 8.81. The minimum Gasteiger partial charge on any atom is -0.348 e. The van der Waals surface area contributed by atoms with Crippen LogP contribution < -0.4 is 11.1 Å². The Balaban J connectivity index is 0.00000128. The minimum atomic E-state index is -0.0818. The fourth-order valence-corrected chi connectivity index (χ4v) is 2.87. The van der Waals surface area contributed by atoms with Crippen LogP contribution in [-0.2, 0) is 4.79 Å². The summed E-state index contributed by atoms with van der Waals surface area (Å²) in [5.74, 6) is 0.966. The maximum absolute atomic E-state index is 11.2. The van der Waals surface area contributed by atoms with E-state index in [2.05, 4.69) is 17.4 Å². The van der Waals surface area contributed by atoms with E-state index in [4.69, 9.17) is 5.73 Å². The molecule has 88 valence electrons. The van der Waals surface area contributed by atoms with Crippen LogP contribution in [0.15, 0.2) is 29.2 Å². The Morgan fingerprint density at radius 3 is 3.00 bits per heavy atom. The molecule has 1 aromatic rings. The van der Waals surface area contributed by atoms with Crippen molar-refractivity contribution >= 4 is 30.1 Å². The number of carbonyl (C=O) groups is 1. The highest BCUT2D eigenvalue weighted by molar-refractivity contribution is 7.99. The van der Waals surface area contributed by atoms with Gasteiger partial charge >= 0.3 is 0 Å². The molecule has 16 heavy (non-hydrogen) atoms. The van der Waals surface area contributed by atoms with Gasteiger partial charge < -0.3 is 11.1 Å². The topological polar surface area (TPSA) is 55.1 Å². The number of benzene rings is 1. The fourth-order valence-electron chi connectivity index (χ4n) is 1.75. The highest BCUT2D eigenvalue weighted by Gasteiger charge is 2.20. The minimum absolute atomic E-state index is 0. The standard InChI is InChI=1S/C11H14N2OS.ClH/c12-7-11(14)13-9-5-6-15-10-4-2-1-3-8(9)10;/h1-4,9H,5-7,12H2,(H,13,14);1H. The number of fused-ring (bicyclic) bond motifs is 1. The molecule has 0 aliphatic carbocycles. The lowest BCUT2D eigenvalue weighted by Gasteiger charge is -2.25. The van der Waals surface area contributed by atoms with Gasteiger partial charge in [-0.1, -0.05) is 18.2 Å². The lowest BCUT2D eigenvalue weighted by Crippen LogP contribution is -2.35. The van der Waals surface area contributed by atoms with Crippen molar-refractivity contribution in [2.45, 2.75) is 17.4 Å². The smallest absolute Gasteiger partial charge is 0.234 e. The molecule has 1 amide bonds. The Morgan fingerprint density at radius 2 is 2.25 bits per heavy atom. The Kier molecular flexibility index (Phi) is 5.12. The summed E-state index contributed by atoms with van der Waals surface area (Å²) in [6.45, 7) is 0.0613. The third kappa shape index (κ3) is 2.90. The first-order chi connectivity index (χ1) is 7.31. The second kappa shape index (κ2) is 6.13. The van der Waals surface area contributed by atoms with Gasteiger partial charge in [-0.2, -0.15) is 0 Å². The summed E-state index contributed by atoms with van der Waals surface area (Å²) in [6, 6.07) is 8.34. The summed E-state index contributed by atoms with van der Waals surface area (Å²) in [5, 5.41) is 2.95. The number of thioether (sulfide) groups is 1. The number of amides is 1. The van der Waals surface area contributed by atoms with Gasteiger partial charge in [0.1, 0.15) is 0 Å². The van der Waals surface area contributed by atoms with Crippen molar-refractivity contribution in [2.75, 3.05) is 12.3 Å². The molecule has 3 N–H and O–H groups in total. The molecule has 1 unspecified atom stereocenters. The van der Waals surface area contributed by atoms with Crippen molar-refractivity contribution in [3.8, 4) is 0 Å². The Bertz CT molecular complexity index is 373. The first kappa shape index (κ1) is 13.4. The molecule has 0 bridgehead atoms. The number of carbonyl (C=O) groups excluding carboxylic acids is 1. The van der Waals surface area contributed by atoms with Gasteiger partial charge in [0.15, 0.2) is 0 Å². The van der Waals surface area contributed by atoms with Crippen LogP contribution in [0.25, 0.3) is 0 Å². The predicted molar refractivity (Wildman–Crippen MR) is 69.0 cm³/mol. The van der Waals surface area contributed by atoms with Crippen LogP contribution >= 0.6 is 24.2 Å². The van der Waals surface area contributed by atoms with Crippen molar-refractivity contribution < 1.29 is 4.79 Å². The first-order valence-corrected chi connectivity index (χ1v) is 6.01. The molecule has 5 heteroatoms. The van der Waals surface area contributed by atoms with E-state index in [-0.39, 0.29) is 30.9 Å². The van der Waals surface area contributed by atoms with Crippen molar-refractivity contribution in [3.05, 3.63) is 29.8 Å². The average molecular weight is 259 g/mol. The molecule has 1 heterocycles. The number of halogens is 1. The van der Waals surface area contributed by atoms with Gasteiger partial charge in [-0.3, -0.25) is 4.79 Å². The Labute approximate surface area is 106 Å². The highest BCUT2D eigenvalue weighted by Crippen LogP contribution is 2.35. The Morgan fingerprint density at radius 1 is 1.50 bits per heavy atom. The number of rotatable bonds is 2. The number of hydrogen-bond donors (Lipinski definition) is 2. The number of nitrogens with two attached hydrogens (primary N) is 1. The summed E-state index contributed by atoms with van der Waals surface area (Å²) >= 11 is 1.84. The third-order valence-corrected chi connectivity index (χ3v) is 3.60. The van der Waals surface area contributed by atoms with Crippen LogP contribution in [0.5, 0.6) is 0 Å². The van der Waals surface area contributed by atoms with Crippen molar-refractivity contribution in [2.24, 2.45) is 5.73 Å². The molecule has 2 rings (SSSR count). The molecule has 1 aliphatic heterocycles. The molecular formula is C11H15ClN2OS. The van der Waals surface area contributed by atoms with Gasteiger partial charge in [0.25, 0.3) is 0 Å². The number of hydrogen-bond acceptors (Lipinski definition) is 3. The molecule has 0 spiro atoms. The van der Waals surface area contributed by atoms with Gasteiger partial charge in [-0.25, -0.2) is 0 Å². The Hall–Kier alpha value is -0.710. The molecule has 0 radical (unpaired) electrons. The van der Waals surface area contributed by atoms with E-state index < -0.39 is 0 Å². The molecule has 3 nitrogen and oxygen atoms in total. The van der Waals surface area contributed by atoms with Crippen molar-refractivity contribution in [1.82, 2.24) is 5.32 Å². The van der Waals surface area contributed by atoms with Gasteiger partial charge in [0.2, 0.25) is 5.91 Å². The normalized spacial score (nSPS) is 18.2. The van der Waals surface area contributed by atoms with Gasteiger partial charge in [0.05, 0.1) is 12.6 Å². The molecule has 1 aromatic carbocycles. The second-order valence-electron chi connectivity index (χ2n) is 3.50. The zero-order valence-corrected chi connectivity index (χ0v) is 10.4. The molecule has 1 atom stereocenters. The van der Waals surface area contributed by atoms with E-state index in [1.54, 1.807) is 0 Å². The SMILES string of the molecule is Cl.NCC(=O)NC1CCSc2ccccc21. The zero-order chi connectivity index (χ0) is 10.7. The van der Waals surface area contributed by atoms with Gasteiger partial charge in [-0.05, 0) is 18.1 Å². The highest BCUT2D eigenvalue weighted by atomic mass is 35.5. The first-order valence-electron chi connectivity index (χ1n) is 5.02. The fraction of sp³-hybridized carbons (Fsp3) is 0.364. The van der Waals surface area contributed by atoms with Gasteiger partial charge in [0, 0.05) is 10.6 Å². The van der Waals surface area contributed by atoms with Crippen molar-refractivity contribution in [3.63, 3.8) is 0 Å². The second-order valence-corrected chi connectivity index (χ2v) is 4.64. The van der Waals surface area contributed by atoms with E-state index in [0.717, 1.165) is 12.2 Å². The summed E-state index contributed by atoms with van der Waals surface area (Å²) in [4.78, 5) is 12.5. The van der Waals surface area contributed by atoms with Crippen molar-refractivity contribution in [1.29, 1.82) is 0 Å². The average Bonchev–Trinajstić information content (AvgIpc) is 2.29. The maximum atomic E-state index is 11.2. The predicted octanol–water partition coefficient (Wildman–Crippen LogP) is 1.72. The van der Waals surface area contributed by atoms with Crippen LogP contribution in [0, 0.1) is 0 Å². The van der Waals surface area contributed by atoms with Crippen LogP contribution in [0.2, 0.25) is 0 Å². The van der Waals surface area contributed by atoms with Crippen LogP contribution in [0.1, 0.15) is 18.0 Å². The van der Waals surface area contributed by atoms with E-state index in [1.807, 2.05) is 23.9 Å².